The van der Waals surface area contributed by atoms with Crippen LogP contribution in [0.1, 0.15) is 10.4 Å². The summed E-state index contributed by atoms with van der Waals surface area (Å²) in [6.07, 6.45) is 0. The van der Waals surface area contributed by atoms with Crippen molar-refractivity contribution < 1.29 is 23.1 Å². The van der Waals surface area contributed by atoms with Crippen molar-refractivity contribution >= 4 is 39.5 Å². The third-order valence-electron chi connectivity index (χ3n) is 3.45. The van der Waals surface area contributed by atoms with Crippen molar-refractivity contribution in [2.24, 2.45) is 5.73 Å². The summed E-state index contributed by atoms with van der Waals surface area (Å²) >= 11 is 3.19. The van der Waals surface area contributed by atoms with Crippen molar-refractivity contribution in [3.8, 4) is 5.75 Å². The van der Waals surface area contributed by atoms with E-state index in [9.17, 15) is 18.3 Å². The van der Waals surface area contributed by atoms with Gasteiger partial charge in [0, 0.05) is 29.6 Å². The second-order valence-corrected chi connectivity index (χ2v) is 9.36. The number of hydrogen-bond acceptors (Lipinski definition) is 7. The van der Waals surface area contributed by atoms with Crippen molar-refractivity contribution in [1.29, 1.82) is 0 Å². The second-order valence-electron chi connectivity index (χ2n) is 5.38. The van der Waals surface area contributed by atoms with Gasteiger partial charge in [-0.3, -0.25) is 4.79 Å². The molecule has 0 saturated carbocycles. The summed E-state index contributed by atoms with van der Waals surface area (Å²) in [6.45, 7) is -0.0900. The van der Waals surface area contributed by atoms with Gasteiger partial charge in [0.05, 0.1) is 23.2 Å². The van der Waals surface area contributed by atoms with E-state index in [1.165, 1.54) is 25.3 Å². The highest BCUT2D eigenvalue weighted by molar-refractivity contribution is 8.03. The highest BCUT2D eigenvalue weighted by Gasteiger charge is 2.31. The Kier molecular flexibility index (Phi) is 6.43. The van der Waals surface area contributed by atoms with Crippen molar-refractivity contribution in [3.63, 3.8) is 0 Å². The van der Waals surface area contributed by atoms with E-state index in [4.69, 9.17) is 10.5 Å². The second kappa shape index (κ2) is 7.96. The fraction of sp³-hybridized carbons (Fsp3) is 0.500. The third-order valence-corrected chi connectivity index (χ3v) is 7.58. The number of amides is 1. The maximum Gasteiger partial charge on any atom is 0.252 e. The molecule has 0 atom stereocenters. The Morgan fingerprint density at radius 2 is 2.00 bits per heavy atom. The van der Waals surface area contributed by atoms with Gasteiger partial charge in [0.25, 0.3) is 5.91 Å². The molecule has 1 saturated heterocycles. The van der Waals surface area contributed by atoms with Crippen molar-refractivity contribution in [2.45, 2.75) is 10.5 Å². The van der Waals surface area contributed by atoms with Crippen LogP contribution >= 0.6 is 23.5 Å². The molecule has 2 rings (SSSR count). The Labute approximate surface area is 149 Å². The molecule has 1 aromatic rings. The van der Waals surface area contributed by atoms with Crippen LogP contribution in [0, 0.1) is 0 Å². The normalized spacial score (nSPS) is 17.9. The number of ether oxygens (including phenoxy) is 1. The van der Waals surface area contributed by atoms with Gasteiger partial charge < -0.3 is 15.6 Å². The molecular weight excluding hydrogens is 372 g/mol. The van der Waals surface area contributed by atoms with Gasteiger partial charge in [-0.2, -0.15) is 23.5 Å². The van der Waals surface area contributed by atoms with Crippen LogP contribution in [0.5, 0.6) is 5.75 Å². The number of carbonyl (C=O) groups excluding carboxylic acids is 1. The Hall–Kier alpha value is -0.940. The maximum atomic E-state index is 12.4. The van der Waals surface area contributed by atoms with Crippen LogP contribution in [0.3, 0.4) is 0 Å². The minimum atomic E-state index is -3.88. The monoisotopic (exact) mass is 392 g/mol. The number of nitrogens with two attached hydrogens (primary N) is 1. The zero-order valence-corrected chi connectivity index (χ0v) is 15.6. The third kappa shape index (κ3) is 4.79. The van der Waals surface area contributed by atoms with Crippen molar-refractivity contribution in [1.82, 2.24) is 4.72 Å². The number of hydrogen-bond donors (Lipinski definition) is 3. The first-order valence-corrected chi connectivity index (χ1v) is 10.9. The van der Waals surface area contributed by atoms with Gasteiger partial charge in [0.1, 0.15) is 5.75 Å². The van der Waals surface area contributed by atoms with E-state index in [1.807, 2.05) is 0 Å². The van der Waals surface area contributed by atoms with Crippen LogP contribution in [-0.4, -0.2) is 61.7 Å². The summed E-state index contributed by atoms with van der Waals surface area (Å²) in [7, 11) is -2.52. The summed E-state index contributed by atoms with van der Waals surface area (Å²) in [6, 6.07) is 3.87. The molecule has 0 unspecified atom stereocenters. The predicted octanol–water partition coefficient (Wildman–Crippen LogP) is 0.283. The largest absolute Gasteiger partial charge is 0.496 e. The fourth-order valence-electron chi connectivity index (χ4n) is 2.15. The van der Waals surface area contributed by atoms with E-state index in [0.717, 1.165) is 11.5 Å². The lowest BCUT2D eigenvalue weighted by molar-refractivity contribution is 0.0960. The molecular formula is C14H20N2O5S3. The lowest BCUT2D eigenvalue weighted by atomic mass is 10.1. The molecule has 1 aromatic carbocycles. The van der Waals surface area contributed by atoms with Crippen molar-refractivity contribution in [2.75, 3.05) is 36.7 Å². The van der Waals surface area contributed by atoms with E-state index in [1.54, 1.807) is 23.5 Å². The van der Waals surface area contributed by atoms with Crippen LogP contribution in [-0.2, 0) is 10.0 Å². The molecule has 0 spiro atoms. The van der Waals surface area contributed by atoms with E-state index in [-0.39, 0.29) is 22.8 Å². The highest BCUT2D eigenvalue weighted by atomic mass is 32.2. The lowest BCUT2D eigenvalue weighted by Crippen LogP contribution is -2.46. The van der Waals surface area contributed by atoms with Crippen LogP contribution in [0.4, 0.5) is 0 Å². The van der Waals surface area contributed by atoms with Gasteiger partial charge in [-0.25, -0.2) is 13.1 Å². The molecule has 1 aliphatic heterocycles. The number of benzene rings is 1. The van der Waals surface area contributed by atoms with Crippen LogP contribution in [0.15, 0.2) is 23.1 Å². The number of rotatable bonds is 6. The lowest BCUT2D eigenvalue weighted by Gasteiger charge is -2.25. The summed E-state index contributed by atoms with van der Waals surface area (Å²) in [5.74, 6) is 2.23. The van der Waals surface area contributed by atoms with E-state index < -0.39 is 21.5 Å². The predicted molar refractivity (Wildman–Crippen MR) is 96.3 cm³/mol. The van der Waals surface area contributed by atoms with Crippen LogP contribution < -0.4 is 15.2 Å². The molecule has 0 radical (unpaired) electrons. The SMILES string of the molecule is COc1ccc(S(=O)(=O)NCC2(O)CSCCSC2)cc1C(N)=O. The molecule has 0 aliphatic carbocycles. The summed E-state index contributed by atoms with van der Waals surface area (Å²) in [4.78, 5) is 11.3. The molecule has 24 heavy (non-hydrogen) atoms. The molecule has 1 fully saturated rings. The number of nitrogens with one attached hydrogen (secondary N) is 1. The Morgan fingerprint density at radius 3 is 2.54 bits per heavy atom. The highest BCUT2D eigenvalue weighted by Crippen LogP contribution is 2.25. The van der Waals surface area contributed by atoms with E-state index in [0.29, 0.717) is 11.5 Å². The molecule has 1 amide bonds. The molecule has 1 aliphatic rings. The Morgan fingerprint density at radius 1 is 1.38 bits per heavy atom. The number of carbonyl (C=O) groups is 1. The zero-order valence-electron chi connectivity index (χ0n) is 13.1. The number of methoxy groups -OCH3 is 1. The van der Waals surface area contributed by atoms with Crippen LogP contribution in [0.2, 0.25) is 0 Å². The standard InChI is InChI=1S/C14H20N2O5S3/c1-21-12-3-2-10(6-11(12)13(15)17)24(19,20)16-7-14(18)8-22-4-5-23-9-14/h2-3,6,16,18H,4-5,7-9H2,1H3,(H2,15,17). The molecule has 10 heteroatoms. The number of thioether (sulfide) groups is 2. The number of aliphatic hydroxyl groups is 1. The summed E-state index contributed by atoms with van der Waals surface area (Å²) < 4.78 is 32.3. The molecule has 0 bridgehead atoms. The van der Waals surface area contributed by atoms with E-state index in [2.05, 4.69) is 4.72 Å². The van der Waals surface area contributed by atoms with Gasteiger partial charge in [-0.1, -0.05) is 0 Å². The molecule has 7 nitrogen and oxygen atoms in total. The number of primary amides is 1. The smallest absolute Gasteiger partial charge is 0.252 e. The topological polar surface area (TPSA) is 119 Å². The van der Waals surface area contributed by atoms with Gasteiger partial charge in [0.15, 0.2) is 0 Å². The average molecular weight is 393 g/mol. The minimum Gasteiger partial charge on any atom is -0.496 e. The average Bonchev–Trinajstić information content (AvgIpc) is 2.77. The van der Waals surface area contributed by atoms with Crippen LogP contribution in [0.25, 0.3) is 0 Å². The quantitative estimate of drug-likeness (QED) is 0.636. The molecule has 0 aromatic heterocycles. The van der Waals surface area contributed by atoms with E-state index >= 15 is 0 Å². The van der Waals surface area contributed by atoms with Gasteiger partial charge in [0.2, 0.25) is 10.0 Å². The first-order chi connectivity index (χ1) is 11.3. The van der Waals surface area contributed by atoms with Gasteiger partial charge >= 0.3 is 0 Å². The van der Waals surface area contributed by atoms with Gasteiger partial charge in [-0.15, -0.1) is 0 Å². The number of sulfonamides is 1. The first-order valence-electron chi connectivity index (χ1n) is 7.13. The summed E-state index contributed by atoms with van der Waals surface area (Å²) in [5.41, 5.74) is 4.14. The molecule has 4 N–H and O–H groups in total. The molecule has 134 valence electrons. The Bertz CT molecular complexity index is 700. The zero-order chi connectivity index (χ0) is 17.8. The van der Waals surface area contributed by atoms with Crippen molar-refractivity contribution in [3.05, 3.63) is 23.8 Å². The Balaban J connectivity index is 2.18. The van der Waals surface area contributed by atoms with Gasteiger partial charge in [-0.05, 0) is 18.2 Å². The minimum absolute atomic E-state index is 0.0142. The fourth-order valence-corrected chi connectivity index (χ4v) is 5.82. The summed E-state index contributed by atoms with van der Waals surface area (Å²) in [5, 5.41) is 10.5. The maximum absolute atomic E-state index is 12.4. The first kappa shape index (κ1) is 19.4. The molecule has 1 heterocycles.